The minimum absolute atomic E-state index is 0.105. The Morgan fingerprint density at radius 2 is 1.00 bits per heavy atom. The van der Waals surface area contributed by atoms with Crippen molar-refractivity contribution < 1.29 is 29.9 Å². The molecule has 0 saturated carbocycles. The molecule has 0 unspecified atom stereocenters. The minimum Gasteiger partial charge on any atom is -0.477 e. The van der Waals surface area contributed by atoms with Crippen LogP contribution in [-0.4, -0.2) is 39.3 Å². The summed E-state index contributed by atoms with van der Waals surface area (Å²) in [4.78, 5) is 22.4. The van der Waals surface area contributed by atoms with Crippen molar-refractivity contribution in [3.63, 3.8) is 0 Å². The Bertz CT molecular complexity index is 1130. The van der Waals surface area contributed by atoms with Crippen molar-refractivity contribution in [1.29, 1.82) is 0 Å². The van der Waals surface area contributed by atoms with Crippen LogP contribution in [0.15, 0.2) is 84.9 Å². The largest absolute Gasteiger partial charge is 0.499 e. The van der Waals surface area contributed by atoms with E-state index in [0.29, 0.717) is 4.88 Å². The van der Waals surface area contributed by atoms with Crippen molar-refractivity contribution in [2.75, 3.05) is 0 Å². The first-order valence-corrected chi connectivity index (χ1v) is 15.8. The fraction of sp³-hybridized carbons (Fsp3) is 0.267. The molecule has 0 amide bonds. The van der Waals surface area contributed by atoms with E-state index in [2.05, 4.69) is 34.7 Å². The maximum atomic E-state index is 10.7. The fourth-order valence-electron chi connectivity index (χ4n) is 2.23. The van der Waals surface area contributed by atoms with Crippen LogP contribution in [0.3, 0.4) is 0 Å². The van der Waals surface area contributed by atoms with Crippen LogP contribution in [-0.2, 0) is 0 Å². The molecular formula is C30H42BIO6S2. The molecule has 0 aliphatic heterocycles. The molecule has 0 spiro atoms. The van der Waals surface area contributed by atoms with Gasteiger partial charge in [-0.1, -0.05) is 110 Å². The van der Waals surface area contributed by atoms with Gasteiger partial charge in [0, 0.05) is 13.2 Å². The van der Waals surface area contributed by atoms with Crippen LogP contribution in [0.25, 0.3) is 10.4 Å². The van der Waals surface area contributed by atoms with Gasteiger partial charge in [0.05, 0.1) is 0 Å². The SMILES string of the molecule is CC.CC.CC.CC.Ic1ccccc1.O=C(O)c1ccc(-c2ccccc2)s1.O=C(O)c1ccc(B(O)O)s1. The average molecular weight is 701 g/mol. The van der Waals surface area contributed by atoms with Crippen molar-refractivity contribution in [3.8, 4) is 10.4 Å². The third kappa shape index (κ3) is 18.7. The maximum absolute atomic E-state index is 10.7. The molecule has 220 valence electrons. The van der Waals surface area contributed by atoms with Gasteiger partial charge in [0.1, 0.15) is 9.75 Å². The molecule has 0 aliphatic rings. The van der Waals surface area contributed by atoms with Crippen molar-refractivity contribution in [2.45, 2.75) is 55.4 Å². The third-order valence-electron chi connectivity index (χ3n) is 3.70. The molecule has 4 N–H and O–H groups in total. The summed E-state index contributed by atoms with van der Waals surface area (Å²) in [5.74, 6) is -1.92. The molecule has 2 heterocycles. The molecule has 2 aromatic carbocycles. The summed E-state index contributed by atoms with van der Waals surface area (Å²) in [7, 11) is -1.58. The second kappa shape index (κ2) is 28.0. The van der Waals surface area contributed by atoms with E-state index in [1.165, 1.54) is 27.0 Å². The molecule has 6 nitrogen and oxygen atoms in total. The number of carboxylic acid groups (broad SMARTS) is 2. The standard InChI is InChI=1S/C11H8O2S.C6H5I.C5H5BO4S.4C2H6/c12-11(13)10-7-6-9(14-10)8-4-2-1-3-5-8;7-6-4-2-1-3-5-6;7-5(8)3-1-2-4(11-3)6(9)10;4*1-2/h1-7H,(H,12,13);1-5H;1-2,9-10H,(H,7,8);4*1-2H3. The van der Waals surface area contributed by atoms with Crippen LogP contribution in [0, 0.1) is 3.57 Å². The van der Waals surface area contributed by atoms with Gasteiger partial charge in [-0.3, -0.25) is 0 Å². The Hall–Kier alpha value is -2.51. The Labute approximate surface area is 261 Å². The van der Waals surface area contributed by atoms with Gasteiger partial charge in [-0.15, -0.1) is 22.7 Å². The van der Waals surface area contributed by atoms with Crippen LogP contribution in [0.1, 0.15) is 74.7 Å². The van der Waals surface area contributed by atoms with Gasteiger partial charge < -0.3 is 20.3 Å². The van der Waals surface area contributed by atoms with Gasteiger partial charge in [-0.25, -0.2) is 9.59 Å². The van der Waals surface area contributed by atoms with E-state index in [0.717, 1.165) is 21.8 Å². The Morgan fingerprint density at radius 3 is 1.30 bits per heavy atom. The lowest BCUT2D eigenvalue weighted by Crippen LogP contribution is -2.26. The highest BCUT2D eigenvalue weighted by atomic mass is 127. The van der Waals surface area contributed by atoms with Gasteiger partial charge in [0.2, 0.25) is 0 Å². The molecule has 40 heavy (non-hydrogen) atoms. The summed E-state index contributed by atoms with van der Waals surface area (Å²) >= 11 is 4.42. The number of carbonyl (C=O) groups is 2. The quantitative estimate of drug-likeness (QED) is 0.125. The molecule has 0 fully saturated rings. The first-order valence-electron chi connectivity index (χ1n) is 13.1. The summed E-state index contributed by atoms with van der Waals surface area (Å²) in [6.07, 6.45) is 0. The summed E-state index contributed by atoms with van der Waals surface area (Å²) in [6, 6.07) is 26.2. The van der Waals surface area contributed by atoms with E-state index in [9.17, 15) is 9.59 Å². The van der Waals surface area contributed by atoms with E-state index < -0.39 is 19.1 Å². The van der Waals surface area contributed by atoms with E-state index in [-0.39, 0.29) is 9.65 Å². The lowest BCUT2D eigenvalue weighted by Gasteiger charge is -1.93. The predicted molar refractivity (Wildman–Crippen MR) is 182 cm³/mol. The molecular weight excluding hydrogens is 658 g/mol. The minimum atomic E-state index is -1.58. The van der Waals surface area contributed by atoms with Crippen LogP contribution >= 0.6 is 45.3 Å². The molecule has 4 rings (SSSR count). The van der Waals surface area contributed by atoms with E-state index in [1.54, 1.807) is 6.07 Å². The van der Waals surface area contributed by atoms with E-state index in [1.807, 2.05) is 110 Å². The second-order valence-electron chi connectivity index (χ2n) is 6.01. The third-order valence-corrected chi connectivity index (χ3v) is 6.65. The smallest absolute Gasteiger partial charge is 0.477 e. The van der Waals surface area contributed by atoms with Gasteiger partial charge in [0.25, 0.3) is 0 Å². The molecule has 2 aromatic heterocycles. The summed E-state index contributed by atoms with van der Waals surface area (Å²) in [5, 5.41) is 34.4. The number of carboxylic acids is 2. The van der Waals surface area contributed by atoms with Crippen molar-refractivity contribution >= 4 is 69.1 Å². The zero-order chi connectivity index (χ0) is 31.5. The monoisotopic (exact) mass is 700 g/mol. The topological polar surface area (TPSA) is 115 Å². The average Bonchev–Trinajstić information content (AvgIpc) is 3.71. The first kappa shape index (κ1) is 42.0. The lowest BCUT2D eigenvalue weighted by molar-refractivity contribution is 0.0691. The Balaban J connectivity index is -0.000000471. The number of hydrogen-bond acceptors (Lipinski definition) is 6. The van der Waals surface area contributed by atoms with E-state index >= 15 is 0 Å². The normalized spacial score (nSPS) is 8.28. The highest BCUT2D eigenvalue weighted by Crippen LogP contribution is 2.27. The number of aromatic carboxylic acids is 2. The van der Waals surface area contributed by atoms with Gasteiger partial charge >= 0.3 is 19.1 Å². The summed E-state index contributed by atoms with van der Waals surface area (Å²) in [6.45, 7) is 16.0. The number of rotatable bonds is 4. The van der Waals surface area contributed by atoms with Gasteiger partial charge in [-0.2, -0.15) is 0 Å². The molecule has 4 aromatic rings. The number of hydrogen-bond donors (Lipinski definition) is 4. The molecule has 0 aliphatic carbocycles. The Morgan fingerprint density at radius 1 is 0.600 bits per heavy atom. The Kier molecular flexibility index (Phi) is 29.4. The number of benzene rings is 2. The molecule has 0 radical (unpaired) electrons. The van der Waals surface area contributed by atoms with Gasteiger partial charge in [-0.05, 0) is 58.5 Å². The van der Waals surface area contributed by atoms with Crippen LogP contribution in [0.5, 0.6) is 0 Å². The van der Waals surface area contributed by atoms with Gasteiger partial charge in [0.15, 0.2) is 0 Å². The van der Waals surface area contributed by atoms with Crippen LogP contribution in [0.2, 0.25) is 0 Å². The molecule has 0 atom stereocenters. The molecule has 0 bridgehead atoms. The zero-order valence-corrected chi connectivity index (χ0v) is 28.3. The summed E-state index contributed by atoms with van der Waals surface area (Å²) < 4.78 is 1.53. The van der Waals surface area contributed by atoms with Crippen molar-refractivity contribution in [1.82, 2.24) is 0 Å². The number of thiophene rings is 2. The highest BCUT2D eigenvalue weighted by molar-refractivity contribution is 14.1. The lowest BCUT2D eigenvalue weighted by atomic mass is 9.90. The van der Waals surface area contributed by atoms with Crippen molar-refractivity contribution in [2.24, 2.45) is 0 Å². The second-order valence-corrected chi connectivity index (χ2v) is 9.46. The highest BCUT2D eigenvalue weighted by Gasteiger charge is 2.15. The zero-order valence-electron chi connectivity index (χ0n) is 24.5. The molecule has 10 heteroatoms. The van der Waals surface area contributed by atoms with Crippen LogP contribution < -0.4 is 4.78 Å². The maximum Gasteiger partial charge on any atom is 0.499 e. The summed E-state index contributed by atoms with van der Waals surface area (Å²) in [5.41, 5.74) is 1.06. The molecule has 0 saturated heterocycles. The predicted octanol–water partition coefficient (Wildman–Crippen LogP) is 8.64. The van der Waals surface area contributed by atoms with Crippen LogP contribution in [0.4, 0.5) is 0 Å². The fourth-order valence-corrected chi connectivity index (χ4v) is 4.22. The first-order chi connectivity index (χ1) is 19.3. The number of halogens is 1. The van der Waals surface area contributed by atoms with E-state index in [4.69, 9.17) is 20.3 Å². The van der Waals surface area contributed by atoms with Crippen molar-refractivity contribution in [3.05, 3.63) is 98.3 Å².